The fourth-order valence-electron chi connectivity index (χ4n) is 3.96. The van der Waals surface area contributed by atoms with Crippen LogP contribution in [0.1, 0.15) is 53.0 Å². The van der Waals surface area contributed by atoms with Crippen molar-refractivity contribution in [1.82, 2.24) is 0 Å². The first kappa shape index (κ1) is 19.1. The molecule has 4 rings (SSSR count). The molecular formula is C25H26N2O2. The SMILES string of the molecule is COc1cc(C)c([C@H]2Nc3ccccc3C(=O)N2c2ccccc2)cc1C(C)C. The first-order valence-corrected chi connectivity index (χ1v) is 9.94. The summed E-state index contributed by atoms with van der Waals surface area (Å²) in [5.41, 5.74) is 5.69. The predicted octanol–water partition coefficient (Wildman–Crippen LogP) is 5.90. The molecule has 0 aromatic heterocycles. The highest BCUT2D eigenvalue weighted by Gasteiger charge is 2.35. The van der Waals surface area contributed by atoms with Gasteiger partial charge in [-0.15, -0.1) is 0 Å². The fraction of sp³-hybridized carbons (Fsp3) is 0.240. The van der Waals surface area contributed by atoms with E-state index in [9.17, 15) is 4.79 Å². The largest absolute Gasteiger partial charge is 0.496 e. The quantitative estimate of drug-likeness (QED) is 0.607. The molecule has 1 amide bonds. The monoisotopic (exact) mass is 386 g/mol. The van der Waals surface area contributed by atoms with Crippen LogP contribution in [0.25, 0.3) is 0 Å². The summed E-state index contributed by atoms with van der Waals surface area (Å²) >= 11 is 0. The maximum absolute atomic E-state index is 13.5. The van der Waals surface area contributed by atoms with Gasteiger partial charge in [0.05, 0.1) is 12.7 Å². The van der Waals surface area contributed by atoms with Crippen LogP contribution in [0.5, 0.6) is 5.75 Å². The van der Waals surface area contributed by atoms with Crippen LogP contribution in [-0.4, -0.2) is 13.0 Å². The number of hydrogen-bond acceptors (Lipinski definition) is 3. The number of aryl methyl sites for hydroxylation is 1. The Morgan fingerprint density at radius 3 is 2.38 bits per heavy atom. The van der Waals surface area contributed by atoms with E-state index in [-0.39, 0.29) is 12.1 Å². The lowest BCUT2D eigenvalue weighted by atomic mass is 9.93. The standard InChI is InChI=1S/C25H26N2O2/c1-16(2)20-15-21(17(3)14-23(20)29-4)24-26-22-13-9-8-12-19(22)25(28)27(24)18-10-6-5-7-11-18/h5-16,24,26H,1-4H3/t24-/m0/s1. The molecule has 3 aromatic rings. The van der Waals surface area contributed by atoms with Crippen LogP contribution < -0.4 is 15.0 Å². The van der Waals surface area contributed by atoms with Gasteiger partial charge in [0, 0.05) is 11.4 Å². The number of benzene rings is 3. The van der Waals surface area contributed by atoms with Crippen molar-refractivity contribution < 1.29 is 9.53 Å². The minimum absolute atomic E-state index is 0.00290. The van der Waals surface area contributed by atoms with Crippen LogP contribution in [0, 0.1) is 6.92 Å². The lowest BCUT2D eigenvalue weighted by Gasteiger charge is -2.39. The topological polar surface area (TPSA) is 41.6 Å². The highest BCUT2D eigenvalue weighted by atomic mass is 16.5. The summed E-state index contributed by atoms with van der Waals surface area (Å²) < 4.78 is 5.62. The molecule has 0 saturated carbocycles. The highest BCUT2D eigenvalue weighted by molar-refractivity contribution is 6.12. The summed E-state index contributed by atoms with van der Waals surface area (Å²) in [5.74, 6) is 1.19. The third-order valence-electron chi connectivity index (χ3n) is 5.50. The van der Waals surface area contributed by atoms with Gasteiger partial charge in [-0.1, -0.05) is 44.2 Å². The number of nitrogens with zero attached hydrogens (tertiary/aromatic N) is 1. The van der Waals surface area contributed by atoms with Crippen molar-refractivity contribution >= 4 is 17.3 Å². The molecule has 0 aliphatic carbocycles. The van der Waals surface area contributed by atoms with Gasteiger partial charge in [-0.2, -0.15) is 0 Å². The van der Waals surface area contributed by atoms with Crippen LogP contribution in [-0.2, 0) is 0 Å². The van der Waals surface area contributed by atoms with Gasteiger partial charge in [-0.25, -0.2) is 0 Å². The molecule has 1 aliphatic heterocycles. The smallest absolute Gasteiger partial charge is 0.262 e. The Balaban J connectivity index is 1.91. The number of amides is 1. The number of rotatable bonds is 4. The summed E-state index contributed by atoms with van der Waals surface area (Å²) in [6.07, 6.45) is -0.303. The van der Waals surface area contributed by atoms with E-state index in [1.807, 2.05) is 59.5 Å². The fourth-order valence-corrected chi connectivity index (χ4v) is 3.96. The van der Waals surface area contributed by atoms with Crippen molar-refractivity contribution in [3.05, 3.63) is 89.0 Å². The van der Waals surface area contributed by atoms with Gasteiger partial charge in [0.1, 0.15) is 11.9 Å². The van der Waals surface area contributed by atoms with E-state index in [1.54, 1.807) is 7.11 Å². The van der Waals surface area contributed by atoms with Gasteiger partial charge in [-0.3, -0.25) is 9.69 Å². The molecule has 0 radical (unpaired) electrons. The third-order valence-corrected chi connectivity index (χ3v) is 5.50. The summed E-state index contributed by atoms with van der Waals surface area (Å²) in [6, 6.07) is 21.8. The Hall–Kier alpha value is -3.27. The van der Waals surface area contributed by atoms with E-state index in [2.05, 4.69) is 38.2 Å². The predicted molar refractivity (Wildman–Crippen MR) is 118 cm³/mol. The number of carbonyl (C=O) groups is 1. The van der Waals surface area contributed by atoms with Gasteiger partial charge in [0.2, 0.25) is 0 Å². The lowest BCUT2D eigenvalue weighted by molar-refractivity contribution is 0.0975. The number of fused-ring (bicyclic) bond motifs is 1. The molecule has 3 aromatic carbocycles. The van der Waals surface area contributed by atoms with Crippen molar-refractivity contribution in [1.29, 1.82) is 0 Å². The molecule has 148 valence electrons. The number of methoxy groups -OCH3 is 1. The second-order valence-electron chi connectivity index (χ2n) is 7.71. The van der Waals surface area contributed by atoms with E-state index in [0.29, 0.717) is 11.5 Å². The first-order chi connectivity index (χ1) is 14.0. The van der Waals surface area contributed by atoms with Crippen molar-refractivity contribution in [2.45, 2.75) is 32.9 Å². The van der Waals surface area contributed by atoms with Crippen LogP contribution in [0.3, 0.4) is 0 Å². The second-order valence-corrected chi connectivity index (χ2v) is 7.71. The number of ether oxygens (including phenoxy) is 1. The molecule has 29 heavy (non-hydrogen) atoms. The molecule has 0 fully saturated rings. The van der Waals surface area contributed by atoms with E-state index in [4.69, 9.17) is 4.74 Å². The number of para-hydroxylation sites is 2. The Kier molecular flexibility index (Phi) is 5.01. The number of carbonyl (C=O) groups excluding carboxylic acids is 1. The molecule has 1 atom stereocenters. The molecular weight excluding hydrogens is 360 g/mol. The van der Waals surface area contributed by atoms with Gasteiger partial charge < -0.3 is 10.1 Å². The summed E-state index contributed by atoms with van der Waals surface area (Å²) in [7, 11) is 1.70. The molecule has 0 saturated heterocycles. The summed E-state index contributed by atoms with van der Waals surface area (Å²) in [5, 5.41) is 3.60. The summed E-state index contributed by atoms with van der Waals surface area (Å²) in [4.78, 5) is 15.4. The van der Waals surface area contributed by atoms with Crippen molar-refractivity contribution in [2.24, 2.45) is 0 Å². The van der Waals surface area contributed by atoms with Crippen LogP contribution in [0.15, 0.2) is 66.7 Å². The van der Waals surface area contributed by atoms with E-state index >= 15 is 0 Å². The number of hydrogen-bond donors (Lipinski definition) is 1. The van der Waals surface area contributed by atoms with Crippen LogP contribution in [0.4, 0.5) is 11.4 Å². The zero-order valence-corrected chi connectivity index (χ0v) is 17.3. The van der Waals surface area contributed by atoms with Gasteiger partial charge >= 0.3 is 0 Å². The lowest BCUT2D eigenvalue weighted by Crippen LogP contribution is -2.43. The van der Waals surface area contributed by atoms with Crippen molar-refractivity contribution in [3.8, 4) is 5.75 Å². The zero-order valence-electron chi connectivity index (χ0n) is 17.3. The third kappa shape index (κ3) is 3.35. The van der Waals surface area contributed by atoms with E-state index < -0.39 is 0 Å². The normalized spacial score (nSPS) is 15.8. The Labute approximate surface area is 172 Å². The number of nitrogens with one attached hydrogen (secondary N) is 1. The minimum atomic E-state index is -0.303. The van der Waals surface area contributed by atoms with Crippen molar-refractivity contribution in [2.75, 3.05) is 17.3 Å². The number of anilines is 2. The molecule has 1 aliphatic rings. The van der Waals surface area contributed by atoms with E-state index in [0.717, 1.165) is 33.8 Å². The molecule has 1 N–H and O–H groups in total. The minimum Gasteiger partial charge on any atom is -0.496 e. The Morgan fingerprint density at radius 1 is 1.00 bits per heavy atom. The average Bonchev–Trinajstić information content (AvgIpc) is 2.74. The van der Waals surface area contributed by atoms with Gasteiger partial charge in [0.15, 0.2) is 0 Å². The van der Waals surface area contributed by atoms with E-state index in [1.165, 1.54) is 0 Å². The molecule has 0 bridgehead atoms. The Bertz CT molecular complexity index is 1040. The molecule has 4 nitrogen and oxygen atoms in total. The average molecular weight is 386 g/mol. The maximum atomic E-state index is 13.5. The highest BCUT2D eigenvalue weighted by Crippen LogP contribution is 2.40. The maximum Gasteiger partial charge on any atom is 0.262 e. The van der Waals surface area contributed by atoms with Crippen LogP contribution >= 0.6 is 0 Å². The molecule has 1 heterocycles. The molecule has 4 heteroatoms. The van der Waals surface area contributed by atoms with Gasteiger partial charge in [0.25, 0.3) is 5.91 Å². The van der Waals surface area contributed by atoms with Crippen LogP contribution in [0.2, 0.25) is 0 Å². The van der Waals surface area contributed by atoms with Crippen molar-refractivity contribution in [3.63, 3.8) is 0 Å². The molecule has 0 unspecified atom stereocenters. The molecule has 0 spiro atoms. The zero-order chi connectivity index (χ0) is 20.5. The van der Waals surface area contributed by atoms with Gasteiger partial charge in [-0.05, 0) is 65.9 Å². The first-order valence-electron chi connectivity index (χ1n) is 9.94. The Morgan fingerprint density at radius 2 is 1.69 bits per heavy atom. The second kappa shape index (κ2) is 7.63. The summed E-state index contributed by atoms with van der Waals surface area (Å²) in [6.45, 7) is 6.37.